The van der Waals surface area contributed by atoms with Gasteiger partial charge in [-0.25, -0.2) is 8.42 Å². The van der Waals surface area contributed by atoms with Gasteiger partial charge in [0.05, 0.1) is 10.6 Å². The standard InChI is InChI=1S/C29H33Cl2N3O4S/c1-20(2)17-32-29(36)22(4)33(18-23-7-5-8-24(30)15-23)28(35)19-34(26-10-6-9-25(31)16-26)39(37,38)27-13-11-21(3)12-14-27/h5-16,20,22H,17-19H2,1-4H3,(H,32,36). The molecule has 3 aromatic rings. The summed E-state index contributed by atoms with van der Waals surface area (Å²) in [7, 11) is -4.16. The number of amides is 2. The first-order chi connectivity index (χ1) is 18.4. The number of halogens is 2. The summed E-state index contributed by atoms with van der Waals surface area (Å²) in [4.78, 5) is 28.3. The van der Waals surface area contributed by atoms with Crippen molar-refractivity contribution in [3.63, 3.8) is 0 Å². The van der Waals surface area contributed by atoms with E-state index in [1.807, 2.05) is 20.8 Å². The smallest absolute Gasteiger partial charge is 0.264 e. The summed E-state index contributed by atoms with van der Waals surface area (Å²) in [5.74, 6) is -0.677. The molecule has 0 heterocycles. The molecule has 3 aromatic carbocycles. The Morgan fingerprint density at radius 3 is 2.10 bits per heavy atom. The lowest BCUT2D eigenvalue weighted by Crippen LogP contribution is -2.51. The van der Waals surface area contributed by atoms with Crippen molar-refractivity contribution in [2.24, 2.45) is 5.92 Å². The lowest BCUT2D eigenvalue weighted by atomic mass is 10.1. The molecule has 1 unspecified atom stereocenters. The fourth-order valence-electron chi connectivity index (χ4n) is 3.86. The number of sulfonamides is 1. The minimum absolute atomic E-state index is 0.0324. The largest absolute Gasteiger partial charge is 0.354 e. The molecule has 0 aliphatic rings. The Balaban J connectivity index is 2.01. The van der Waals surface area contributed by atoms with Gasteiger partial charge in [-0.1, -0.05) is 72.9 Å². The normalized spacial score (nSPS) is 12.2. The lowest BCUT2D eigenvalue weighted by Gasteiger charge is -2.32. The van der Waals surface area contributed by atoms with Gasteiger partial charge in [-0.2, -0.15) is 0 Å². The lowest BCUT2D eigenvalue weighted by molar-refractivity contribution is -0.139. The first kappa shape index (κ1) is 30.5. The number of hydrogen-bond donors (Lipinski definition) is 1. The van der Waals surface area contributed by atoms with Crippen LogP contribution in [0.1, 0.15) is 31.9 Å². The van der Waals surface area contributed by atoms with Crippen molar-refractivity contribution in [2.45, 2.75) is 45.2 Å². The van der Waals surface area contributed by atoms with Crippen LogP contribution < -0.4 is 9.62 Å². The van der Waals surface area contributed by atoms with Crippen molar-refractivity contribution < 1.29 is 18.0 Å². The first-order valence-electron chi connectivity index (χ1n) is 12.5. The van der Waals surface area contributed by atoms with E-state index >= 15 is 0 Å². The van der Waals surface area contributed by atoms with Crippen molar-refractivity contribution in [3.05, 3.63) is 94.0 Å². The molecule has 3 rings (SSSR count). The van der Waals surface area contributed by atoms with Crippen molar-refractivity contribution in [1.82, 2.24) is 10.2 Å². The molecule has 0 aliphatic carbocycles. The highest BCUT2D eigenvalue weighted by molar-refractivity contribution is 7.92. The Morgan fingerprint density at radius 1 is 0.897 bits per heavy atom. The topological polar surface area (TPSA) is 86.8 Å². The van der Waals surface area contributed by atoms with Gasteiger partial charge in [0.25, 0.3) is 10.0 Å². The van der Waals surface area contributed by atoms with Crippen molar-refractivity contribution in [1.29, 1.82) is 0 Å². The molecule has 1 atom stereocenters. The van der Waals surface area contributed by atoms with E-state index in [1.165, 1.54) is 23.1 Å². The van der Waals surface area contributed by atoms with E-state index < -0.39 is 28.5 Å². The van der Waals surface area contributed by atoms with Crippen LogP contribution >= 0.6 is 23.2 Å². The molecule has 1 N–H and O–H groups in total. The maximum absolute atomic E-state index is 13.9. The highest BCUT2D eigenvalue weighted by Gasteiger charge is 2.32. The van der Waals surface area contributed by atoms with Gasteiger partial charge in [0.15, 0.2) is 0 Å². The van der Waals surface area contributed by atoms with E-state index in [0.717, 1.165) is 9.87 Å². The van der Waals surface area contributed by atoms with Crippen LogP contribution in [0, 0.1) is 12.8 Å². The molecular formula is C29H33Cl2N3O4S. The van der Waals surface area contributed by atoms with E-state index in [9.17, 15) is 18.0 Å². The van der Waals surface area contributed by atoms with E-state index in [1.54, 1.807) is 61.5 Å². The van der Waals surface area contributed by atoms with E-state index in [2.05, 4.69) is 5.32 Å². The van der Waals surface area contributed by atoms with Gasteiger partial charge >= 0.3 is 0 Å². The van der Waals surface area contributed by atoms with Gasteiger partial charge in [0.1, 0.15) is 12.6 Å². The Hall–Kier alpha value is -3.07. The zero-order valence-electron chi connectivity index (χ0n) is 22.4. The molecule has 0 saturated heterocycles. The van der Waals surface area contributed by atoms with Gasteiger partial charge in [-0.15, -0.1) is 0 Å². The zero-order valence-corrected chi connectivity index (χ0v) is 24.7. The second-order valence-corrected chi connectivity index (χ2v) is 12.5. The number of benzene rings is 3. The SMILES string of the molecule is Cc1ccc(S(=O)(=O)N(CC(=O)N(Cc2cccc(Cl)c2)C(C)C(=O)NCC(C)C)c2cccc(Cl)c2)cc1. The molecule has 0 bridgehead atoms. The fourth-order valence-corrected chi connectivity index (χ4v) is 5.67. The third-order valence-corrected chi connectivity index (χ3v) is 8.34. The monoisotopic (exact) mass is 589 g/mol. The Kier molecular flexibility index (Phi) is 10.4. The predicted octanol–water partition coefficient (Wildman–Crippen LogP) is 5.69. The van der Waals surface area contributed by atoms with Crippen LogP contribution in [0.2, 0.25) is 10.0 Å². The van der Waals surface area contributed by atoms with Crippen molar-refractivity contribution in [2.75, 3.05) is 17.4 Å². The summed E-state index contributed by atoms with van der Waals surface area (Å²) in [6.45, 7) is 7.38. The van der Waals surface area contributed by atoms with Crippen LogP contribution in [0.5, 0.6) is 0 Å². The average molecular weight is 591 g/mol. The Bertz CT molecular complexity index is 1410. The van der Waals surface area contributed by atoms with Crippen LogP contribution in [0.3, 0.4) is 0 Å². The quantitative estimate of drug-likeness (QED) is 0.311. The van der Waals surface area contributed by atoms with Crippen LogP contribution in [0.25, 0.3) is 0 Å². The predicted molar refractivity (Wildman–Crippen MR) is 156 cm³/mol. The molecule has 0 aliphatic heterocycles. The molecule has 0 radical (unpaired) electrons. The molecule has 0 aromatic heterocycles. The molecule has 0 saturated carbocycles. The highest BCUT2D eigenvalue weighted by atomic mass is 35.5. The number of anilines is 1. The summed E-state index contributed by atoms with van der Waals surface area (Å²) >= 11 is 12.4. The first-order valence-corrected chi connectivity index (χ1v) is 14.7. The second kappa shape index (κ2) is 13.3. The zero-order chi connectivity index (χ0) is 28.7. The number of carbonyl (C=O) groups is 2. The molecular weight excluding hydrogens is 557 g/mol. The molecule has 208 valence electrons. The molecule has 0 spiro atoms. The molecule has 39 heavy (non-hydrogen) atoms. The van der Waals surface area contributed by atoms with Gasteiger partial charge in [0.2, 0.25) is 11.8 Å². The van der Waals surface area contributed by atoms with Gasteiger partial charge in [-0.3, -0.25) is 13.9 Å². The van der Waals surface area contributed by atoms with Crippen LogP contribution in [0.15, 0.2) is 77.7 Å². The minimum atomic E-state index is -4.16. The maximum Gasteiger partial charge on any atom is 0.264 e. The summed E-state index contributed by atoms with van der Waals surface area (Å²) in [6.07, 6.45) is 0. The summed E-state index contributed by atoms with van der Waals surface area (Å²) in [5, 5.41) is 3.67. The molecule has 0 fully saturated rings. The minimum Gasteiger partial charge on any atom is -0.354 e. The maximum atomic E-state index is 13.9. The van der Waals surface area contributed by atoms with Gasteiger partial charge in [0, 0.05) is 23.1 Å². The molecule has 10 heteroatoms. The average Bonchev–Trinajstić information content (AvgIpc) is 2.88. The molecule has 2 amide bonds. The van der Waals surface area contributed by atoms with Gasteiger partial charge < -0.3 is 10.2 Å². The Labute approximate surface area is 240 Å². The van der Waals surface area contributed by atoms with Crippen molar-refractivity contribution >= 4 is 50.7 Å². The van der Waals surface area contributed by atoms with Crippen LogP contribution in [-0.2, 0) is 26.2 Å². The fraction of sp³-hybridized carbons (Fsp3) is 0.310. The second-order valence-electron chi connectivity index (χ2n) is 9.77. The van der Waals surface area contributed by atoms with Crippen LogP contribution in [0.4, 0.5) is 5.69 Å². The number of aryl methyl sites for hydroxylation is 1. The third-order valence-electron chi connectivity index (χ3n) is 6.08. The van der Waals surface area contributed by atoms with E-state index in [0.29, 0.717) is 22.2 Å². The third kappa shape index (κ3) is 8.21. The Morgan fingerprint density at radius 2 is 1.51 bits per heavy atom. The van der Waals surface area contributed by atoms with Crippen LogP contribution in [-0.4, -0.2) is 44.3 Å². The highest BCUT2D eigenvalue weighted by Crippen LogP contribution is 2.27. The van der Waals surface area contributed by atoms with Crippen molar-refractivity contribution in [3.8, 4) is 0 Å². The number of nitrogens with one attached hydrogen (secondary N) is 1. The summed E-state index contributed by atoms with van der Waals surface area (Å²) < 4.78 is 28.6. The van der Waals surface area contributed by atoms with E-state index in [4.69, 9.17) is 23.2 Å². The van der Waals surface area contributed by atoms with E-state index in [-0.39, 0.29) is 29.0 Å². The number of rotatable bonds is 11. The molecule has 7 nitrogen and oxygen atoms in total. The number of nitrogens with zero attached hydrogens (tertiary/aromatic N) is 2. The van der Waals surface area contributed by atoms with Gasteiger partial charge in [-0.05, 0) is 67.8 Å². The summed E-state index contributed by atoms with van der Waals surface area (Å²) in [6, 6.07) is 18.8. The summed E-state index contributed by atoms with van der Waals surface area (Å²) in [5.41, 5.74) is 1.83. The number of hydrogen-bond acceptors (Lipinski definition) is 4. The number of carbonyl (C=O) groups excluding carboxylic acids is 2.